The van der Waals surface area contributed by atoms with Gasteiger partial charge in [0.1, 0.15) is 5.82 Å². The van der Waals surface area contributed by atoms with E-state index in [4.69, 9.17) is 9.47 Å². The molecule has 2 aliphatic heterocycles. The van der Waals surface area contributed by atoms with Gasteiger partial charge < -0.3 is 9.47 Å². The molecule has 2 saturated heterocycles. The Morgan fingerprint density at radius 1 is 0.225 bits per heavy atom. The maximum Gasteiger partial charge on any atom is 0.126 e. The van der Waals surface area contributed by atoms with Crippen molar-refractivity contribution in [3.63, 3.8) is 0 Å². The maximum absolute atomic E-state index is 12.6. The first-order valence-corrected chi connectivity index (χ1v) is 45.0. The van der Waals surface area contributed by atoms with Crippen LogP contribution >= 0.6 is 0 Å². The molecular weight excluding hydrogens is 1460 g/mol. The molecule has 13 rings (SSSR count). The van der Waals surface area contributed by atoms with Crippen molar-refractivity contribution >= 4 is 0 Å². The summed E-state index contributed by atoms with van der Waals surface area (Å²) >= 11 is 0. The zero-order valence-electron chi connectivity index (χ0n) is 75.0. The van der Waals surface area contributed by atoms with Crippen molar-refractivity contribution in [2.75, 3.05) is 13.2 Å². The van der Waals surface area contributed by atoms with Crippen molar-refractivity contribution in [1.82, 2.24) is 0 Å². The summed E-state index contributed by atoms with van der Waals surface area (Å²) in [5, 5.41) is 0. The van der Waals surface area contributed by atoms with Crippen LogP contribution in [0.3, 0.4) is 0 Å². The van der Waals surface area contributed by atoms with Crippen LogP contribution in [0.1, 0.15) is 507 Å². The van der Waals surface area contributed by atoms with Gasteiger partial charge in [0.15, 0.2) is 0 Å². The Morgan fingerprint density at radius 2 is 0.392 bits per heavy atom. The number of benzene rings is 3. The van der Waals surface area contributed by atoms with Gasteiger partial charge in [0, 0.05) is 18.9 Å². The van der Waals surface area contributed by atoms with Crippen LogP contribution in [0.15, 0.2) is 90.0 Å². The van der Waals surface area contributed by atoms with Crippen LogP contribution in [-0.4, -0.2) is 25.4 Å². The summed E-state index contributed by atoms with van der Waals surface area (Å²) in [5.74, 6) is 15.6. The Bertz CT molecular complexity index is 2080. The van der Waals surface area contributed by atoms with Crippen LogP contribution in [0.5, 0.6) is 0 Å². The molecule has 0 amide bonds. The van der Waals surface area contributed by atoms with Crippen LogP contribution < -0.4 is 0 Å². The molecule has 0 radical (unpaired) electrons. The molecule has 6 unspecified atom stereocenters. The minimum absolute atomic E-state index is 0. The normalized spacial score (nSPS) is 27.1. The smallest absolute Gasteiger partial charge is 0.126 e. The first-order valence-electron chi connectivity index (χ1n) is 45.0. The van der Waals surface area contributed by atoms with Crippen LogP contribution in [0.2, 0.25) is 0 Å². The van der Waals surface area contributed by atoms with Gasteiger partial charge in [-0.25, -0.2) is 4.39 Å². The van der Waals surface area contributed by atoms with E-state index in [0.29, 0.717) is 17.8 Å². The Hall–Kier alpha value is -3.01. The molecule has 8 aliphatic carbocycles. The predicted molar refractivity (Wildman–Crippen MR) is 579 cm³/mol. The van der Waals surface area contributed by atoms with Crippen molar-refractivity contribution in [3.05, 3.63) is 129 Å². The van der Waals surface area contributed by atoms with E-state index >= 15 is 0 Å². The van der Waals surface area contributed by atoms with Crippen molar-refractivity contribution in [2.24, 2.45) is 94.7 Å². The summed E-state index contributed by atoms with van der Waals surface area (Å²) in [4.78, 5) is 0. The third kappa shape index (κ3) is 88.4. The van der Waals surface area contributed by atoms with E-state index in [0.717, 1.165) is 113 Å². The van der Waals surface area contributed by atoms with Gasteiger partial charge in [-0.3, -0.25) is 0 Å². The van der Waals surface area contributed by atoms with E-state index in [-0.39, 0.29) is 123 Å². The standard InChI is InChI=1S/C8H9F.6C8H16.2C8H14.2C8H10.2C7H14O.15CH4.4H2/c1-6-3-4-7(2)8(9)5-6;10*1-7-3-5-8(2)6-4-7;2*1-6-3-4-7(2)8-5-6;;;;;;;;;;;;;;;;;;;/h3-5H,1-2H3;6*7-8H,3-6H2,1-2H3;2*3,8H,4-6H2,1-2H3;2*3-6H,1-2H3;2*6-7H,3-5H2,1-2H3;15*1H4;4*1H/i;;;;;;;;;;;;;;;;;;;;;;;;;;;;1+1;;;. The van der Waals surface area contributed by atoms with Gasteiger partial charge >= 0.3 is 0 Å². The lowest BCUT2D eigenvalue weighted by molar-refractivity contribution is 0.000174. The SMILES string of the molecule is C.C.C.C.C.C.C.C.C.C.C.C.C.C.C.CC1=CCC(C)CC1.CC1=CCC(C)CC1.CC1CCC(C)CC1.CC1CCC(C)CC1.CC1CCC(C)CC1.CC1CCC(C)CC1.CC1CCC(C)CC1.CC1CCC(C)CC1.CC1CCC(C)OC1.CC1CCC(C)OC1.Cc1ccc(C)c(F)c1.Cc1ccc(C)cc1.Cc1ccc(C)cc1.[2HH].[HH].[HH].[HH]. The second kappa shape index (κ2) is 92.2. The third-order valence-corrected chi connectivity index (χ3v) is 24.9. The Labute approximate surface area is 774 Å². The summed E-state index contributed by atoms with van der Waals surface area (Å²) in [7, 11) is 0. The molecule has 0 N–H and O–H groups in total. The number of aryl methyl sites for hydroxylation is 6. The van der Waals surface area contributed by atoms with E-state index in [2.05, 4.69) is 227 Å². The second-order valence-electron chi connectivity index (χ2n) is 38.3. The highest BCUT2D eigenvalue weighted by molar-refractivity contribution is 5.22. The third-order valence-electron chi connectivity index (χ3n) is 24.9. The number of halogens is 1. The topological polar surface area (TPSA) is 18.5 Å². The van der Waals surface area contributed by atoms with E-state index in [1.54, 1.807) is 24.1 Å². The minimum Gasteiger partial charge on any atom is -0.378 e. The molecule has 6 saturated carbocycles. The molecule has 0 aromatic heterocycles. The Kier molecular flexibility index (Phi) is 116. The molecule has 2 heterocycles. The summed E-state index contributed by atoms with van der Waals surface area (Å²) in [6, 6.07) is 22.2. The zero-order valence-corrected chi connectivity index (χ0v) is 75.0. The zero-order chi connectivity index (χ0) is 78.7. The van der Waals surface area contributed by atoms with E-state index in [9.17, 15) is 4.39 Å². The summed E-state index contributed by atoms with van der Waals surface area (Å²) in [5.41, 5.74) is 10.2. The van der Waals surface area contributed by atoms with Crippen molar-refractivity contribution in [1.29, 1.82) is 0 Å². The summed E-state index contributed by atoms with van der Waals surface area (Å²) in [6.45, 7) is 60.2. The van der Waals surface area contributed by atoms with Gasteiger partial charge in [0.2, 0.25) is 0 Å². The molecule has 3 heteroatoms. The number of hydrogen-bond donors (Lipinski definition) is 0. The van der Waals surface area contributed by atoms with Crippen molar-refractivity contribution in [2.45, 2.75) is 522 Å². The molecular formula is C117H249FO2. The monoisotopic (exact) mass is 1710 g/mol. The quantitative estimate of drug-likeness (QED) is 0.209. The molecule has 10 aliphatic rings. The first kappa shape index (κ1) is 151. The largest absolute Gasteiger partial charge is 0.378 e. The minimum atomic E-state index is -0.116. The van der Waals surface area contributed by atoms with E-state index < -0.39 is 0 Å². The highest BCUT2D eigenvalue weighted by Gasteiger charge is 2.19. The molecule has 3 aromatic rings. The fourth-order valence-electron chi connectivity index (χ4n) is 14.8. The molecule has 8 fully saturated rings. The first-order chi connectivity index (χ1) is 49.7. The van der Waals surface area contributed by atoms with Crippen molar-refractivity contribution in [3.8, 4) is 0 Å². The highest BCUT2D eigenvalue weighted by Crippen LogP contribution is 2.32. The second-order valence-corrected chi connectivity index (χ2v) is 38.3. The van der Waals surface area contributed by atoms with Crippen molar-refractivity contribution < 1.29 is 19.6 Å². The van der Waals surface area contributed by atoms with Gasteiger partial charge in [-0.05, 0) is 245 Å². The van der Waals surface area contributed by atoms with Gasteiger partial charge in [0.05, 0.1) is 12.2 Å². The van der Waals surface area contributed by atoms with E-state index in [1.807, 2.05) is 13.0 Å². The lowest BCUT2D eigenvalue weighted by Crippen LogP contribution is -2.21. The lowest BCUT2D eigenvalue weighted by atomic mass is 9.84. The molecule has 3 aromatic carbocycles. The molecule has 2 nitrogen and oxygen atoms in total. The molecule has 0 bridgehead atoms. The number of rotatable bonds is 0. The maximum atomic E-state index is 12.6. The fourth-order valence-corrected chi connectivity index (χ4v) is 14.8. The van der Waals surface area contributed by atoms with Gasteiger partial charge in [-0.15, -0.1) is 0 Å². The van der Waals surface area contributed by atoms with E-state index in [1.165, 1.54) is 247 Å². The molecule has 0 spiro atoms. The molecule has 6 atom stereocenters. The average molecular weight is 1710 g/mol. The van der Waals surface area contributed by atoms with Gasteiger partial charge in [-0.2, -0.15) is 0 Å². The molecule has 120 heavy (non-hydrogen) atoms. The number of hydrogen-bond acceptors (Lipinski definition) is 2. The number of allylic oxidation sites excluding steroid dienone is 4. The predicted octanol–water partition coefficient (Wildman–Crippen LogP) is 43.7. The van der Waals surface area contributed by atoms with Crippen LogP contribution in [0.25, 0.3) is 0 Å². The lowest BCUT2D eigenvalue weighted by Gasteiger charge is -2.23. The van der Waals surface area contributed by atoms with Crippen LogP contribution in [0, 0.1) is 142 Å². The highest BCUT2D eigenvalue weighted by atomic mass is 19.1. The van der Waals surface area contributed by atoms with Crippen LogP contribution in [0.4, 0.5) is 4.39 Å². The summed E-state index contributed by atoms with van der Waals surface area (Å²) < 4.78 is 23.4. The van der Waals surface area contributed by atoms with Crippen LogP contribution in [-0.2, 0) is 9.47 Å². The fraction of sp³-hybridized carbons (Fsp3) is 0.812. The number of ether oxygens (including phenoxy) is 2. The summed E-state index contributed by atoms with van der Waals surface area (Å²) in [6.07, 6.45) is 54.4. The van der Waals surface area contributed by atoms with Gasteiger partial charge in [-0.1, -0.05) is 482 Å². The Balaban J connectivity index is -0.0000000559. The average Bonchev–Trinajstić information content (AvgIpc) is 0.901. The van der Waals surface area contributed by atoms with Gasteiger partial charge in [0.25, 0.3) is 0 Å². The molecule has 736 valence electrons. The Morgan fingerprint density at radius 3 is 0.508 bits per heavy atom.